The van der Waals surface area contributed by atoms with Crippen LogP contribution in [0.25, 0.3) is 0 Å². The first kappa shape index (κ1) is 25.2. The van der Waals surface area contributed by atoms with Gasteiger partial charge in [0.25, 0.3) is 0 Å². The molecule has 0 aromatic heterocycles. The Kier molecular flexibility index (Phi) is 7.84. The Morgan fingerprint density at radius 2 is 1.39 bits per heavy atom. The molecule has 36 heavy (non-hydrogen) atoms. The first-order valence-corrected chi connectivity index (χ1v) is 12.3. The van der Waals surface area contributed by atoms with E-state index >= 15 is 0 Å². The molecule has 6 nitrogen and oxygen atoms in total. The van der Waals surface area contributed by atoms with Crippen molar-refractivity contribution in [2.75, 3.05) is 13.2 Å². The summed E-state index contributed by atoms with van der Waals surface area (Å²) >= 11 is 0. The third-order valence-electron chi connectivity index (χ3n) is 6.76. The number of hydrogen-bond acceptors (Lipinski definition) is 4. The molecule has 1 aliphatic rings. The summed E-state index contributed by atoms with van der Waals surface area (Å²) in [4.78, 5) is 44.3. The van der Waals surface area contributed by atoms with Gasteiger partial charge in [0.05, 0.1) is 19.1 Å². The molecule has 3 aromatic carbocycles. The predicted molar refractivity (Wildman–Crippen MR) is 137 cm³/mol. The molecule has 0 radical (unpaired) electrons. The normalized spacial score (nSPS) is 18.1. The average Bonchev–Trinajstić information content (AvgIpc) is 3.27. The molecule has 0 N–H and O–H groups in total. The van der Waals surface area contributed by atoms with E-state index in [9.17, 15) is 14.4 Å². The van der Waals surface area contributed by atoms with Gasteiger partial charge in [0.15, 0.2) is 5.41 Å². The number of ether oxygens (including phenoxy) is 1. The van der Waals surface area contributed by atoms with Gasteiger partial charge in [-0.05, 0) is 30.5 Å². The monoisotopic (exact) mass is 484 g/mol. The van der Waals surface area contributed by atoms with Crippen molar-refractivity contribution in [3.8, 4) is 0 Å². The molecule has 1 aliphatic heterocycles. The predicted octanol–water partition coefficient (Wildman–Crippen LogP) is 4.76. The van der Waals surface area contributed by atoms with Crippen molar-refractivity contribution in [2.24, 2.45) is 5.41 Å². The molecule has 1 saturated heterocycles. The minimum Gasteiger partial charge on any atom is -0.465 e. The molecule has 0 aliphatic carbocycles. The number of benzene rings is 3. The largest absolute Gasteiger partial charge is 0.465 e. The third-order valence-corrected chi connectivity index (χ3v) is 6.76. The lowest BCUT2D eigenvalue weighted by atomic mass is 9.84. The number of nitrogens with zero attached hydrogens (tertiary/aromatic N) is 2. The van der Waals surface area contributed by atoms with Crippen molar-refractivity contribution in [3.05, 3.63) is 108 Å². The van der Waals surface area contributed by atoms with Gasteiger partial charge in [-0.1, -0.05) is 91.0 Å². The molecule has 2 atom stereocenters. The summed E-state index contributed by atoms with van der Waals surface area (Å²) in [6.07, 6.45) is -0.206. The van der Waals surface area contributed by atoms with Gasteiger partial charge in [0.2, 0.25) is 11.8 Å². The molecule has 186 valence electrons. The Hall–Kier alpha value is -3.93. The summed E-state index contributed by atoms with van der Waals surface area (Å²) < 4.78 is 5.42. The Labute approximate surface area is 212 Å². The van der Waals surface area contributed by atoms with Crippen LogP contribution in [0.4, 0.5) is 0 Å². The molecule has 4 rings (SSSR count). The van der Waals surface area contributed by atoms with E-state index in [2.05, 4.69) is 0 Å². The van der Waals surface area contributed by atoms with Gasteiger partial charge < -0.3 is 14.5 Å². The smallest absolute Gasteiger partial charge is 0.324 e. The zero-order valence-electron chi connectivity index (χ0n) is 20.8. The van der Waals surface area contributed by atoms with Gasteiger partial charge in [0, 0.05) is 19.6 Å². The van der Waals surface area contributed by atoms with E-state index in [-0.39, 0.29) is 37.4 Å². The Bertz CT molecular complexity index is 1140. The highest BCUT2D eigenvalue weighted by molar-refractivity contribution is 6.08. The summed E-state index contributed by atoms with van der Waals surface area (Å²) in [5.74, 6) is -1.26. The van der Waals surface area contributed by atoms with E-state index in [1.54, 1.807) is 16.7 Å². The number of carbonyl (C=O) groups excluding carboxylic acids is 3. The summed E-state index contributed by atoms with van der Waals surface area (Å²) in [5.41, 5.74) is 1.24. The second-order valence-corrected chi connectivity index (χ2v) is 9.22. The van der Waals surface area contributed by atoms with E-state index in [1.807, 2.05) is 97.9 Å². The molecular weight excluding hydrogens is 452 g/mol. The summed E-state index contributed by atoms with van der Waals surface area (Å²) in [6, 6.07) is 28.7. The lowest BCUT2D eigenvalue weighted by molar-refractivity contribution is -0.165. The second kappa shape index (κ2) is 11.2. The Morgan fingerprint density at radius 3 is 1.89 bits per heavy atom. The molecule has 1 heterocycles. The Morgan fingerprint density at radius 1 is 0.889 bits per heavy atom. The quantitative estimate of drug-likeness (QED) is 0.325. The van der Waals surface area contributed by atoms with Crippen LogP contribution in [0.15, 0.2) is 91.0 Å². The van der Waals surface area contributed by atoms with E-state index in [0.29, 0.717) is 13.1 Å². The van der Waals surface area contributed by atoms with Crippen LogP contribution in [0.2, 0.25) is 0 Å². The maximum atomic E-state index is 14.3. The highest BCUT2D eigenvalue weighted by atomic mass is 16.5. The lowest BCUT2D eigenvalue weighted by Crippen LogP contribution is -2.50. The standard InChI is InChI=1S/C30H32N2O4/c1-3-36-29(35)30(19-27(33)32(22-30)23(2)26-17-11-6-12-18-26)28(34)31(20-24-13-7-4-8-14-24)21-25-15-9-5-10-16-25/h4-18,23H,3,19-22H2,1-2H3/t23-,30?/m0/s1. The van der Waals surface area contributed by atoms with Crippen LogP contribution >= 0.6 is 0 Å². The van der Waals surface area contributed by atoms with Crippen LogP contribution in [-0.2, 0) is 32.2 Å². The molecule has 0 bridgehead atoms. The maximum Gasteiger partial charge on any atom is 0.324 e. The van der Waals surface area contributed by atoms with Gasteiger partial charge in [0.1, 0.15) is 0 Å². The van der Waals surface area contributed by atoms with Gasteiger partial charge in [-0.3, -0.25) is 14.4 Å². The van der Waals surface area contributed by atoms with Crippen LogP contribution < -0.4 is 0 Å². The average molecular weight is 485 g/mol. The summed E-state index contributed by atoms with van der Waals surface area (Å²) in [5, 5.41) is 0. The summed E-state index contributed by atoms with van der Waals surface area (Å²) in [7, 11) is 0. The summed E-state index contributed by atoms with van der Waals surface area (Å²) in [6.45, 7) is 4.39. The molecule has 1 unspecified atom stereocenters. The van der Waals surface area contributed by atoms with Crippen LogP contribution in [-0.4, -0.2) is 40.7 Å². The van der Waals surface area contributed by atoms with Crippen molar-refractivity contribution in [2.45, 2.75) is 39.4 Å². The zero-order chi connectivity index (χ0) is 25.5. The highest BCUT2D eigenvalue weighted by Crippen LogP contribution is 2.40. The first-order chi connectivity index (χ1) is 17.4. The fourth-order valence-electron chi connectivity index (χ4n) is 4.81. The Balaban J connectivity index is 1.69. The number of amides is 2. The topological polar surface area (TPSA) is 66.9 Å². The minimum absolute atomic E-state index is 0.0142. The second-order valence-electron chi connectivity index (χ2n) is 9.22. The van der Waals surface area contributed by atoms with Crippen molar-refractivity contribution in [1.82, 2.24) is 9.80 Å². The molecular formula is C30H32N2O4. The minimum atomic E-state index is -1.60. The molecule has 1 fully saturated rings. The van der Waals surface area contributed by atoms with Gasteiger partial charge in [-0.15, -0.1) is 0 Å². The molecule has 0 spiro atoms. The number of likely N-dealkylation sites (tertiary alicyclic amines) is 1. The van der Waals surface area contributed by atoms with Crippen molar-refractivity contribution in [3.63, 3.8) is 0 Å². The fourth-order valence-corrected chi connectivity index (χ4v) is 4.81. The number of hydrogen-bond donors (Lipinski definition) is 0. The van der Waals surface area contributed by atoms with Gasteiger partial charge in [-0.2, -0.15) is 0 Å². The van der Waals surface area contributed by atoms with Crippen molar-refractivity contribution < 1.29 is 19.1 Å². The van der Waals surface area contributed by atoms with E-state index in [0.717, 1.165) is 16.7 Å². The fraction of sp³-hybridized carbons (Fsp3) is 0.300. The van der Waals surface area contributed by atoms with E-state index in [1.165, 1.54) is 0 Å². The van der Waals surface area contributed by atoms with Gasteiger partial charge in [-0.25, -0.2) is 0 Å². The van der Waals surface area contributed by atoms with E-state index in [4.69, 9.17) is 4.74 Å². The number of rotatable bonds is 9. The van der Waals surface area contributed by atoms with Crippen LogP contribution in [0.3, 0.4) is 0 Å². The van der Waals surface area contributed by atoms with Crippen LogP contribution in [0.5, 0.6) is 0 Å². The zero-order valence-corrected chi connectivity index (χ0v) is 20.8. The van der Waals surface area contributed by atoms with E-state index < -0.39 is 11.4 Å². The number of carbonyl (C=O) groups is 3. The lowest BCUT2D eigenvalue weighted by Gasteiger charge is -2.33. The van der Waals surface area contributed by atoms with Crippen LogP contribution in [0.1, 0.15) is 43.0 Å². The molecule has 2 amide bonds. The third kappa shape index (κ3) is 5.33. The van der Waals surface area contributed by atoms with Gasteiger partial charge >= 0.3 is 5.97 Å². The molecule has 6 heteroatoms. The number of esters is 1. The molecule has 3 aromatic rings. The SMILES string of the molecule is CCOC(=O)C1(C(=O)N(Cc2ccccc2)Cc2ccccc2)CC(=O)N([C@@H](C)c2ccccc2)C1. The van der Waals surface area contributed by atoms with Crippen molar-refractivity contribution in [1.29, 1.82) is 0 Å². The molecule has 0 saturated carbocycles. The first-order valence-electron chi connectivity index (χ1n) is 12.3. The van der Waals surface area contributed by atoms with Crippen LogP contribution in [0, 0.1) is 5.41 Å². The van der Waals surface area contributed by atoms with Crippen molar-refractivity contribution >= 4 is 17.8 Å². The maximum absolute atomic E-state index is 14.3. The highest BCUT2D eigenvalue weighted by Gasteiger charge is 2.58.